The van der Waals surface area contributed by atoms with Crippen LogP contribution in [-0.2, 0) is 25.6 Å². The summed E-state index contributed by atoms with van der Waals surface area (Å²) in [5, 5.41) is 26.6. The maximum absolute atomic E-state index is 13.2. The summed E-state index contributed by atoms with van der Waals surface area (Å²) in [5.41, 5.74) is 6.96. The Morgan fingerprint density at radius 1 is 0.886 bits per heavy atom. The second kappa shape index (κ2) is 14.4. The number of aliphatic hydroxyl groups excluding tert-OH is 1. The molecule has 0 heterocycles. The van der Waals surface area contributed by atoms with Crippen molar-refractivity contribution in [2.75, 3.05) is 0 Å². The average molecular weight is 493 g/mol. The lowest BCUT2D eigenvalue weighted by Crippen LogP contribution is -2.60. The number of carboxylic acids is 1. The smallest absolute Gasteiger partial charge is 0.328 e. The molecule has 1 rings (SSSR count). The molecule has 6 atom stereocenters. The van der Waals surface area contributed by atoms with Crippen LogP contribution in [0.25, 0.3) is 0 Å². The molecule has 196 valence electrons. The number of aliphatic hydroxyl groups is 1. The van der Waals surface area contributed by atoms with Crippen molar-refractivity contribution in [3.05, 3.63) is 35.9 Å². The highest BCUT2D eigenvalue weighted by Crippen LogP contribution is 2.12. The molecule has 1 aromatic carbocycles. The van der Waals surface area contributed by atoms with Gasteiger partial charge in [0.1, 0.15) is 12.1 Å². The zero-order valence-corrected chi connectivity index (χ0v) is 21.2. The quantitative estimate of drug-likeness (QED) is 0.220. The van der Waals surface area contributed by atoms with E-state index in [4.69, 9.17) is 5.73 Å². The molecule has 0 spiro atoms. The second-order valence-electron chi connectivity index (χ2n) is 9.42. The van der Waals surface area contributed by atoms with E-state index in [0.29, 0.717) is 19.3 Å². The van der Waals surface area contributed by atoms with E-state index in [1.807, 2.05) is 51.1 Å². The summed E-state index contributed by atoms with van der Waals surface area (Å²) in [7, 11) is 0. The summed E-state index contributed by atoms with van der Waals surface area (Å²) < 4.78 is 0. The van der Waals surface area contributed by atoms with Crippen molar-refractivity contribution in [3.63, 3.8) is 0 Å². The number of carbonyl (C=O) groups excluding carboxylic acids is 3. The first kappa shape index (κ1) is 30.1. The number of nitrogens with two attached hydrogens (primary N) is 1. The van der Waals surface area contributed by atoms with E-state index < -0.39 is 54.0 Å². The minimum absolute atomic E-state index is 0.0545. The van der Waals surface area contributed by atoms with E-state index in [-0.39, 0.29) is 11.8 Å². The minimum Gasteiger partial charge on any atom is -0.480 e. The summed E-state index contributed by atoms with van der Waals surface area (Å²) in [6.07, 6.45) is -0.191. The lowest BCUT2D eigenvalue weighted by Gasteiger charge is -2.29. The van der Waals surface area contributed by atoms with Crippen LogP contribution in [0.5, 0.6) is 0 Å². The van der Waals surface area contributed by atoms with Crippen molar-refractivity contribution in [2.45, 2.75) is 84.2 Å². The first-order valence-electron chi connectivity index (χ1n) is 12.0. The fraction of sp³-hybridized carbons (Fsp3) is 0.600. The van der Waals surface area contributed by atoms with E-state index in [9.17, 15) is 29.4 Å². The van der Waals surface area contributed by atoms with Gasteiger partial charge in [0, 0.05) is 0 Å². The molecule has 35 heavy (non-hydrogen) atoms. The molecule has 0 aliphatic heterocycles. The highest BCUT2D eigenvalue weighted by molar-refractivity contribution is 5.94. The van der Waals surface area contributed by atoms with E-state index in [0.717, 1.165) is 5.56 Å². The molecule has 0 fully saturated rings. The van der Waals surface area contributed by atoms with Gasteiger partial charge < -0.3 is 31.9 Å². The van der Waals surface area contributed by atoms with Gasteiger partial charge >= 0.3 is 5.97 Å². The Kier molecular flexibility index (Phi) is 12.4. The largest absolute Gasteiger partial charge is 0.480 e. The highest BCUT2D eigenvalue weighted by atomic mass is 16.4. The Bertz CT molecular complexity index is 846. The number of carbonyl (C=O) groups is 4. The van der Waals surface area contributed by atoms with Gasteiger partial charge in [-0.3, -0.25) is 14.4 Å². The summed E-state index contributed by atoms with van der Waals surface area (Å²) in [6.45, 7) is 8.62. The summed E-state index contributed by atoms with van der Waals surface area (Å²) in [4.78, 5) is 50.2. The average Bonchev–Trinajstić information content (AvgIpc) is 2.79. The molecule has 0 aromatic heterocycles. The van der Waals surface area contributed by atoms with Crippen molar-refractivity contribution >= 4 is 23.7 Å². The normalized spacial score (nSPS) is 16.3. The van der Waals surface area contributed by atoms with E-state index in [2.05, 4.69) is 16.0 Å². The SMILES string of the molecule is CCC(C)C(NC(=O)C(CC(C)C)NC(=O)C(N)Cc1ccccc1)C(=O)NC(C(=O)O)C(C)O. The van der Waals surface area contributed by atoms with Crippen molar-refractivity contribution in [1.82, 2.24) is 16.0 Å². The molecule has 0 bridgehead atoms. The summed E-state index contributed by atoms with van der Waals surface area (Å²) in [6, 6.07) is 4.90. The number of hydrogen-bond acceptors (Lipinski definition) is 6. The molecule has 6 unspecified atom stereocenters. The van der Waals surface area contributed by atoms with Crippen LogP contribution in [0.2, 0.25) is 0 Å². The third kappa shape index (κ3) is 10.0. The number of amides is 3. The Morgan fingerprint density at radius 2 is 1.46 bits per heavy atom. The molecule has 1 aromatic rings. The van der Waals surface area contributed by atoms with Crippen LogP contribution >= 0.6 is 0 Å². The van der Waals surface area contributed by atoms with Gasteiger partial charge in [-0.2, -0.15) is 0 Å². The molecule has 7 N–H and O–H groups in total. The van der Waals surface area contributed by atoms with Gasteiger partial charge in [-0.05, 0) is 37.2 Å². The van der Waals surface area contributed by atoms with Crippen LogP contribution in [0.3, 0.4) is 0 Å². The molecule has 3 amide bonds. The summed E-state index contributed by atoms with van der Waals surface area (Å²) in [5.74, 6) is -3.45. The lowest BCUT2D eigenvalue weighted by atomic mass is 9.96. The fourth-order valence-electron chi connectivity index (χ4n) is 3.53. The van der Waals surface area contributed by atoms with Gasteiger partial charge in [0.15, 0.2) is 6.04 Å². The van der Waals surface area contributed by atoms with Crippen LogP contribution in [0.1, 0.15) is 53.0 Å². The van der Waals surface area contributed by atoms with Gasteiger partial charge in [0.2, 0.25) is 17.7 Å². The van der Waals surface area contributed by atoms with Gasteiger partial charge in [-0.15, -0.1) is 0 Å². The van der Waals surface area contributed by atoms with Gasteiger partial charge in [-0.25, -0.2) is 4.79 Å². The molecule has 0 saturated carbocycles. The molecular weight excluding hydrogens is 452 g/mol. The molecule has 0 radical (unpaired) electrons. The predicted octanol–water partition coefficient (Wildman–Crippen LogP) is 0.568. The van der Waals surface area contributed by atoms with E-state index in [1.165, 1.54) is 6.92 Å². The monoisotopic (exact) mass is 492 g/mol. The van der Waals surface area contributed by atoms with E-state index >= 15 is 0 Å². The van der Waals surface area contributed by atoms with Crippen LogP contribution in [0.15, 0.2) is 30.3 Å². The maximum Gasteiger partial charge on any atom is 0.328 e. The topological polar surface area (TPSA) is 171 Å². The fourth-order valence-corrected chi connectivity index (χ4v) is 3.53. The van der Waals surface area contributed by atoms with Crippen LogP contribution in [-0.4, -0.2) is 64.2 Å². The number of rotatable bonds is 14. The number of carboxylic acid groups (broad SMARTS) is 1. The Balaban J connectivity index is 2.98. The third-order valence-corrected chi connectivity index (χ3v) is 5.81. The van der Waals surface area contributed by atoms with Crippen molar-refractivity contribution in [2.24, 2.45) is 17.6 Å². The van der Waals surface area contributed by atoms with Crippen LogP contribution in [0, 0.1) is 11.8 Å². The zero-order chi connectivity index (χ0) is 26.7. The van der Waals surface area contributed by atoms with Gasteiger partial charge in [0.05, 0.1) is 12.1 Å². The third-order valence-electron chi connectivity index (χ3n) is 5.81. The minimum atomic E-state index is -1.52. The lowest BCUT2D eigenvalue weighted by molar-refractivity contribution is -0.145. The molecular formula is C25H40N4O6. The highest BCUT2D eigenvalue weighted by Gasteiger charge is 2.34. The second-order valence-corrected chi connectivity index (χ2v) is 9.42. The Labute approximate surface area is 207 Å². The number of benzene rings is 1. The van der Waals surface area contributed by atoms with Crippen LogP contribution < -0.4 is 21.7 Å². The first-order valence-corrected chi connectivity index (χ1v) is 12.0. The molecule has 10 heteroatoms. The number of nitrogens with one attached hydrogen (secondary N) is 3. The van der Waals surface area contributed by atoms with Gasteiger partial charge in [0.25, 0.3) is 0 Å². The Morgan fingerprint density at radius 3 is 1.94 bits per heavy atom. The molecule has 10 nitrogen and oxygen atoms in total. The van der Waals surface area contributed by atoms with Crippen molar-refractivity contribution < 1.29 is 29.4 Å². The Hall–Kier alpha value is -2.98. The van der Waals surface area contributed by atoms with Gasteiger partial charge in [-0.1, -0.05) is 64.4 Å². The van der Waals surface area contributed by atoms with E-state index in [1.54, 1.807) is 6.92 Å². The molecule has 0 saturated heterocycles. The number of aliphatic carboxylic acids is 1. The summed E-state index contributed by atoms with van der Waals surface area (Å²) >= 11 is 0. The predicted molar refractivity (Wildman–Crippen MR) is 132 cm³/mol. The maximum atomic E-state index is 13.2. The zero-order valence-electron chi connectivity index (χ0n) is 21.2. The molecule has 0 aliphatic carbocycles. The first-order chi connectivity index (χ1) is 16.4. The van der Waals surface area contributed by atoms with Crippen molar-refractivity contribution in [3.8, 4) is 0 Å². The standard InChI is InChI=1S/C25H40N4O6/c1-6-15(4)20(24(33)29-21(16(5)30)25(34)35)28-23(32)19(12-14(2)3)27-22(31)18(26)13-17-10-8-7-9-11-17/h7-11,14-16,18-21,30H,6,12-13,26H2,1-5H3,(H,27,31)(H,28,32)(H,29,33)(H,34,35). The number of hydrogen-bond donors (Lipinski definition) is 6. The van der Waals surface area contributed by atoms with Crippen molar-refractivity contribution in [1.29, 1.82) is 0 Å². The molecule has 0 aliphatic rings. The van der Waals surface area contributed by atoms with Crippen LogP contribution in [0.4, 0.5) is 0 Å².